The van der Waals surface area contributed by atoms with Gasteiger partial charge in [0, 0.05) is 0 Å². The summed E-state index contributed by atoms with van der Waals surface area (Å²) in [5.41, 5.74) is 0. The first kappa shape index (κ1) is 6.09. The number of hydrogen-bond acceptors (Lipinski definition) is 0. The average molecular weight is 117 g/mol. The first-order valence-electron chi connectivity index (χ1n) is 3.05. The van der Waals surface area contributed by atoms with E-state index in [0.717, 1.165) is 6.42 Å². The van der Waals surface area contributed by atoms with Crippen LogP contribution in [0.1, 0.15) is 6.42 Å². The Hall–Kier alpha value is -1.04. The van der Waals surface area contributed by atoms with Crippen LogP contribution in [-0.4, -0.2) is 0 Å². The van der Waals surface area contributed by atoms with Gasteiger partial charge in [0.05, 0.1) is 0 Å². The van der Waals surface area contributed by atoms with Gasteiger partial charge in [0.2, 0.25) is 0 Å². The molecule has 9 heavy (non-hydrogen) atoms. The molecular formula is C9H9. The Balaban J connectivity index is 2.60. The van der Waals surface area contributed by atoms with Crippen LogP contribution in [0, 0.1) is 6.08 Å². The van der Waals surface area contributed by atoms with E-state index in [-0.39, 0.29) is 0 Å². The molecule has 0 saturated carbocycles. The van der Waals surface area contributed by atoms with Crippen molar-refractivity contribution in [2.24, 2.45) is 0 Å². The van der Waals surface area contributed by atoms with Gasteiger partial charge >= 0.3 is 0 Å². The summed E-state index contributed by atoms with van der Waals surface area (Å²) in [6.45, 7) is 0. The molecule has 0 amide bonds. The van der Waals surface area contributed by atoms with Crippen LogP contribution < -0.4 is 0 Å². The van der Waals surface area contributed by atoms with Crippen LogP contribution in [0.2, 0.25) is 0 Å². The molecule has 0 aromatic rings. The van der Waals surface area contributed by atoms with Gasteiger partial charge in [-0.15, -0.1) is 0 Å². The molecule has 0 unspecified atom stereocenters. The minimum atomic E-state index is 0.911. The third-order valence-corrected chi connectivity index (χ3v) is 1.03. The van der Waals surface area contributed by atoms with Gasteiger partial charge in [-0.05, 0) is 12.5 Å². The molecule has 0 atom stereocenters. The molecule has 45 valence electrons. The van der Waals surface area contributed by atoms with E-state index in [2.05, 4.69) is 12.2 Å². The van der Waals surface area contributed by atoms with Gasteiger partial charge < -0.3 is 0 Å². The summed E-state index contributed by atoms with van der Waals surface area (Å²) < 4.78 is 0. The summed E-state index contributed by atoms with van der Waals surface area (Å²) in [6.07, 6.45) is 18.0. The molecule has 1 aliphatic rings. The number of rotatable bonds is 0. The molecule has 0 aromatic carbocycles. The fraction of sp³-hybridized carbons (Fsp3) is 0.111. The third-order valence-electron chi connectivity index (χ3n) is 1.03. The lowest BCUT2D eigenvalue weighted by Crippen LogP contribution is -1.55. The van der Waals surface area contributed by atoms with Gasteiger partial charge in [-0.3, -0.25) is 0 Å². The van der Waals surface area contributed by atoms with Crippen molar-refractivity contribution < 1.29 is 0 Å². The summed E-state index contributed by atoms with van der Waals surface area (Å²) in [5, 5.41) is 0. The molecule has 0 N–H and O–H groups in total. The summed E-state index contributed by atoms with van der Waals surface area (Å²) in [6, 6.07) is 0. The topological polar surface area (TPSA) is 0 Å². The van der Waals surface area contributed by atoms with E-state index in [1.54, 1.807) is 0 Å². The average Bonchev–Trinajstić information content (AvgIpc) is 2.00. The molecule has 1 aliphatic carbocycles. The van der Waals surface area contributed by atoms with Crippen LogP contribution in [0.25, 0.3) is 0 Å². The molecule has 0 aliphatic heterocycles. The van der Waals surface area contributed by atoms with Crippen LogP contribution in [0.15, 0.2) is 42.5 Å². The monoisotopic (exact) mass is 117 g/mol. The van der Waals surface area contributed by atoms with Crippen LogP contribution in [0.4, 0.5) is 0 Å². The number of allylic oxidation sites excluding steroid dienone is 8. The normalized spacial score (nSPS) is 31.1. The Labute approximate surface area is 55.9 Å². The predicted octanol–water partition coefficient (Wildman–Crippen LogP) is 2.42. The fourth-order valence-electron chi connectivity index (χ4n) is 0.599. The highest BCUT2D eigenvalue weighted by Crippen LogP contribution is 1.90. The summed E-state index contributed by atoms with van der Waals surface area (Å²) in [7, 11) is 0. The second-order valence-corrected chi connectivity index (χ2v) is 1.77. The van der Waals surface area contributed by atoms with Gasteiger partial charge in [-0.1, -0.05) is 42.5 Å². The van der Waals surface area contributed by atoms with Crippen LogP contribution in [-0.2, 0) is 0 Å². The Morgan fingerprint density at radius 1 is 0.889 bits per heavy atom. The Kier molecular flexibility index (Phi) is 2.64. The first-order chi connectivity index (χ1) is 4.50. The van der Waals surface area contributed by atoms with Crippen molar-refractivity contribution >= 4 is 0 Å². The van der Waals surface area contributed by atoms with Crippen molar-refractivity contribution in [3.63, 3.8) is 0 Å². The van der Waals surface area contributed by atoms with Gasteiger partial charge in [0.15, 0.2) is 0 Å². The fourth-order valence-corrected chi connectivity index (χ4v) is 0.599. The van der Waals surface area contributed by atoms with Gasteiger partial charge in [0.1, 0.15) is 0 Å². The van der Waals surface area contributed by atoms with Gasteiger partial charge in [-0.2, -0.15) is 0 Å². The molecule has 1 radical (unpaired) electrons. The van der Waals surface area contributed by atoms with E-state index in [9.17, 15) is 0 Å². The predicted molar refractivity (Wildman–Crippen MR) is 39.9 cm³/mol. The zero-order valence-corrected chi connectivity index (χ0v) is 5.25. The molecule has 0 spiro atoms. The summed E-state index contributed by atoms with van der Waals surface area (Å²) in [4.78, 5) is 0. The zero-order valence-electron chi connectivity index (χ0n) is 5.25. The maximum atomic E-state index is 3.09. The summed E-state index contributed by atoms with van der Waals surface area (Å²) >= 11 is 0. The van der Waals surface area contributed by atoms with Crippen molar-refractivity contribution in [1.29, 1.82) is 0 Å². The largest absolute Gasteiger partial charge is 0.0801 e. The van der Waals surface area contributed by atoms with E-state index in [1.165, 1.54) is 0 Å². The van der Waals surface area contributed by atoms with Crippen molar-refractivity contribution in [1.82, 2.24) is 0 Å². The van der Waals surface area contributed by atoms with E-state index in [0.29, 0.717) is 0 Å². The van der Waals surface area contributed by atoms with Crippen LogP contribution >= 0.6 is 0 Å². The van der Waals surface area contributed by atoms with Crippen molar-refractivity contribution in [2.75, 3.05) is 0 Å². The maximum absolute atomic E-state index is 3.09. The van der Waals surface area contributed by atoms with E-state index in [4.69, 9.17) is 0 Å². The van der Waals surface area contributed by atoms with Crippen molar-refractivity contribution in [3.8, 4) is 0 Å². The molecule has 0 heteroatoms. The smallest absolute Gasteiger partial charge is 0.00915 e. The quantitative estimate of drug-likeness (QED) is 0.457. The Morgan fingerprint density at radius 2 is 1.67 bits per heavy atom. The molecule has 0 saturated heterocycles. The molecular weight excluding hydrogens is 108 g/mol. The van der Waals surface area contributed by atoms with Crippen molar-refractivity contribution in [2.45, 2.75) is 6.42 Å². The molecule has 0 heterocycles. The SMILES string of the molecule is [C]1=C/C=C\C=C/C=C/C/1. The second-order valence-electron chi connectivity index (χ2n) is 1.77. The molecule has 0 fully saturated rings. The maximum Gasteiger partial charge on any atom is -0.00915 e. The Morgan fingerprint density at radius 3 is 2.67 bits per heavy atom. The summed E-state index contributed by atoms with van der Waals surface area (Å²) in [5.74, 6) is 0. The van der Waals surface area contributed by atoms with E-state index < -0.39 is 0 Å². The van der Waals surface area contributed by atoms with Gasteiger partial charge in [0.25, 0.3) is 0 Å². The van der Waals surface area contributed by atoms with Gasteiger partial charge in [-0.25, -0.2) is 0 Å². The molecule has 0 aromatic heterocycles. The minimum absolute atomic E-state index is 0.911. The highest BCUT2D eigenvalue weighted by molar-refractivity contribution is 5.16. The standard InChI is InChI=1S/C9H9/c1-2-4-6-8-9-7-5-3-1/h1-7H,8H2/b2-1-,5-3-,6-4+,9-7?. The first-order valence-corrected chi connectivity index (χ1v) is 3.05. The number of hydrogen-bond donors (Lipinski definition) is 0. The van der Waals surface area contributed by atoms with E-state index in [1.807, 2.05) is 36.5 Å². The Bertz CT molecular complexity index is 148. The lowest BCUT2D eigenvalue weighted by atomic mass is 10.3. The highest BCUT2D eigenvalue weighted by atomic mass is 13.8. The molecule has 0 bridgehead atoms. The zero-order chi connectivity index (χ0) is 6.36. The molecule has 0 nitrogen and oxygen atoms in total. The van der Waals surface area contributed by atoms with Crippen LogP contribution in [0.5, 0.6) is 0 Å². The van der Waals surface area contributed by atoms with E-state index >= 15 is 0 Å². The molecule has 1 rings (SSSR count). The third kappa shape index (κ3) is 2.70. The van der Waals surface area contributed by atoms with Crippen molar-refractivity contribution in [3.05, 3.63) is 48.6 Å². The second kappa shape index (κ2) is 3.90. The minimum Gasteiger partial charge on any atom is -0.0801 e. The highest BCUT2D eigenvalue weighted by Gasteiger charge is 1.70. The lowest BCUT2D eigenvalue weighted by molar-refractivity contribution is 1.34. The lowest BCUT2D eigenvalue weighted by Gasteiger charge is -1.73. The van der Waals surface area contributed by atoms with Crippen LogP contribution in [0.3, 0.4) is 0 Å².